The summed E-state index contributed by atoms with van der Waals surface area (Å²) in [6, 6.07) is 0.989. The monoisotopic (exact) mass is 300 g/mol. The van der Waals surface area contributed by atoms with Crippen molar-refractivity contribution < 1.29 is 24.2 Å². The summed E-state index contributed by atoms with van der Waals surface area (Å²) in [6.07, 6.45) is 0.711. The molecule has 110 valence electrons. The van der Waals surface area contributed by atoms with E-state index in [1.165, 1.54) is 6.07 Å². The van der Waals surface area contributed by atoms with Crippen LogP contribution in [0.3, 0.4) is 0 Å². The fourth-order valence-corrected chi connectivity index (χ4v) is 2.70. The van der Waals surface area contributed by atoms with Gasteiger partial charge in [0.25, 0.3) is 0 Å². The molecule has 1 aliphatic rings. The van der Waals surface area contributed by atoms with Gasteiger partial charge >= 0.3 is 12.0 Å². The van der Waals surface area contributed by atoms with Crippen molar-refractivity contribution >= 4 is 28.3 Å². The van der Waals surface area contributed by atoms with Gasteiger partial charge in [-0.2, -0.15) is 0 Å². The molecule has 1 atom stereocenters. The van der Waals surface area contributed by atoms with Crippen LogP contribution in [0.25, 0.3) is 0 Å². The summed E-state index contributed by atoms with van der Waals surface area (Å²) in [4.78, 5) is 22.7. The van der Waals surface area contributed by atoms with Gasteiger partial charge in [-0.15, -0.1) is 11.3 Å². The first-order valence-corrected chi connectivity index (χ1v) is 6.93. The molecule has 0 aromatic carbocycles. The lowest BCUT2D eigenvalue weighted by atomic mass is 10.0. The highest BCUT2D eigenvalue weighted by molar-refractivity contribution is 7.14. The van der Waals surface area contributed by atoms with Gasteiger partial charge in [-0.3, -0.25) is 5.32 Å². The van der Waals surface area contributed by atoms with Crippen molar-refractivity contribution in [1.29, 1.82) is 0 Å². The minimum absolute atomic E-state index is 0.0794. The molecule has 1 unspecified atom stereocenters. The summed E-state index contributed by atoms with van der Waals surface area (Å²) < 4.78 is 10.7. The highest BCUT2D eigenvalue weighted by Gasteiger charge is 2.35. The summed E-state index contributed by atoms with van der Waals surface area (Å²) in [5.41, 5.74) is -0.418. The van der Waals surface area contributed by atoms with E-state index in [0.717, 1.165) is 11.3 Å². The van der Waals surface area contributed by atoms with Crippen molar-refractivity contribution in [3.05, 3.63) is 17.0 Å². The number of urea groups is 1. The maximum atomic E-state index is 11.8. The number of nitrogens with one attached hydrogen (secondary N) is 2. The fourth-order valence-electron chi connectivity index (χ4n) is 1.92. The zero-order valence-electron chi connectivity index (χ0n) is 11.0. The van der Waals surface area contributed by atoms with Crippen LogP contribution in [-0.4, -0.2) is 49.6 Å². The summed E-state index contributed by atoms with van der Waals surface area (Å²) in [5.74, 6) is -1.07. The predicted molar refractivity (Wildman–Crippen MR) is 73.5 cm³/mol. The van der Waals surface area contributed by atoms with Crippen LogP contribution in [0.15, 0.2) is 11.4 Å². The number of aromatic carboxylic acids is 1. The summed E-state index contributed by atoms with van der Waals surface area (Å²) in [5, 5.41) is 16.1. The number of amides is 2. The molecule has 0 spiro atoms. The predicted octanol–water partition coefficient (Wildman–Crippen LogP) is 1.37. The molecule has 1 fully saturated rings. The maximum Gasteiger partial charge on any atom is 0.338 e. The van der Waals surface area contributed by atoms with E-state index in [1.54, 1.807) is 12.5 Å². The number of carboxylic acid groups (broad SMARTS) is 1. The summed E-state index contributed by atoms with van der Waals surface area (Å²) >= 11 is 1.16. The molecule has 2 rings (SSSR count). The van der Waals surface area contributed by atoms with Gasteiger partial charge in [0.1, 0.15) is 10.6 Å². The lowest BCUT2D eigenvalue weighted by Gasteiger charge is -2.25. The molecule has 1 saturated heterocycles. The van der Waals surface area contributed by atoms with E-state index >= 15 is 0 Å². The number of ether oxygens (including phenoxy) is 2. The first-order chi connectivity index (χ1) is 9.56. The van der Waals surface area contributed by atoms with Crippen LogP contribution >= 0.6 is 11.3 Å². The van der Waals surface area contributed by atoms with E-state index in [9.17, 15) is 9.59 Å². The van der Waals surface area contributed by atoms with Crippen LogP contribution in [0.5, 0.6) is 0 Å². The van der Waals surface area contributed by atoms with Crippen LogP contribution in [0, 0.1) is 0 Å². The number of hydrogen-bond acceptors (Lipinski definition) is 5. The normalized spacial score (nSPS) is 21.6. The Labute approximate surface area is 119 Å². The Bertz CT molecular complexity index is 496. The summed E-state index contributed by atoms with van der Waals surface area (Å²) in [7, 11) is 1.58. The van der Waals surface area contributed by atoms with Gasteiger partial charge in [0.2, 0.25) is 0 Å². The van der Waals surface area contributed by atoms with Gasteiger partial charge in [-0.25, -0.2) is 9.59 Å². The van der Waals surface area contributed by atoms with Crippen molar-refractivity contribution in [2.45, 2.75) is 12.0 Å². The molecule has 2 amide bonds. The fraction of sp³-hybridized carbons (Fsp3) is 0.500. The highest BCUT2D eigenvalue weighted by atomic mass is 32.1. The van der Waals surface area contributed by atoms with Gasteiger partial charge in [-0.1, -0.05) is 0 Å². The van der Waals surface area contributed by atoms with E-state index < -0.39 is 17.6 Å². The SMILES string of the molecule is COC1(CNC(=O)Nc2sccc2C(=O)O)CCOC1. The number of rotatable bonds is 5. The Kier molecular flexibility index (Phi) is 4.58. The van der Waals surface area contributed by atoms with Gasteiger partial charge in [-0.05, 0) is 11.4 Å². The van der Waals surface area contributed by atoms with Crippen molar-refractivity contribution in [2.75, 3.05) is 32.2 Å². The Balaban J connectivity index is 1.89. The van der Waals surface area contributed by atoms with Crippen molar-refractivity contribution in [1.82, 2.24) is 5.32 Å². The van der Waals surface area contributed by atoms with Gasteiger partial charge in [0.05, 0.1) is 18.7 Å². The Morgan fingerprint density at radius 2 is 2.40 bits per heavy atom. The third kappa shape index (κ3) is 3.27. The zero-order valence-corrected chi connectivity index (χ0v) is 11.8. The van der Waals surface area contributed by atoms with Crippen molar-refractivity contribution in [3.8, 4) is 0 Å². The van der Waals surface area contributed by atoms with E-state index in [4.69, 9.17) is 14.6 Å². The molecule has 0 saturated carbocycles. The highest BCUT2D eigenvalue weighted by Crippen LogP contribution is 2.24. The van der Waals surface area contributed by atoms with Crippen molar-refractivity contribution in [2.24, 2.45) is 0 Å². The van der Waals surface area contributed by atoms with Crippen LogP contribution in [0.2, 0.25) is 0 Å². The second-order valence-corrected chi connectivity index (χ2v) is 5.38. The lowest BCUT2D eigenvalue weighted by Crippen LogP contribution is -2.46. The second-order valence-electron chi connectivity index (χ2n) is 4.47. The minimum atomic E-state index is -1.07. The third-order valence-corrected chi connectivity index (χ3v) is 4.02. The van der Waals surface area contributed by atoms with Crippen LogP contribution in [0.1, 0.15) is 16.8 Å². The third-order valence-electron chi connectivity index (χ3n) is 3.19. The number of carbonyl (C=O) groups excluding carboxylic acids is 1. The first-order valence-electron chi connectivity index (χ1n) is 6.05. The average molecular weight is 300 g/mol. The van der Waals surface area contributed by atoms with Crippen molar-refractivity contribution in [3.63, 3.8) is 0 Å². The molecule has 8 heteroatoms. The second kappa shape index (κ2) is 6.21. The largest absolute Gasteiger partial charge is 0.478 e. The molecular formula is C12H16N2O5S. The molecule has 3 N–H and O–H groups in total. The Morgan fingerprint density at radius 3 is 3.00 bits per heavy atom. The number of hydrogen-bond donors (Lipinski definition) is 3. The van der Waals surface area contributed by atoms with Gasteiger partial charge in [0, 0.05) is 20.1 Å². The van der Waals surface area contributed by atoms with Gasteiger partial charge in [0.15, 0.2) is 0 Å². The lowest BCUT2D eigenvalue weighted by molar-refractivity contribution is -0.0135. The molecule has 7 nitrogen and oxygen atoms in total. The Morgan fingerprint density at radius 1 is 1.60 bits per heavy atom. The van der Waals surface area contributed by atoms with Crippen LogP contribution in [-0.2, 0) is 9.47 Å². The summed E-state index contributed by atoms with van der Waals surface area (Å²) in [6.45, 7) is 1.34. The molecular weight excluding hydrogens is 284 g/mol. The quantitative estimate of drug-likeness (QED) is 0.763. The molecule has 0 radical (unpaired) electrons. The number of carbonyl (C=O) groups is 2. The molecule has 2 heterocycles. The maximum absolute atomic E-state index is 11.8. The molecule has 0 aliphatic carbocycles. The minimum Gasteiger partial charge on any atom is -0.478 e. The van der Waals surface area contributed by atoms with E-state index in [2.05, 4.69) is 10.6 Å². The average Bonchev–Trinajstić information content (AvgIpc) is 3.05. The number of carboxylic acids is 1. The smallest absolute Gasteiger partial charge is 0.338 e. The van der Waals surface area contributed by atoms with E-state index in [0.29, 0.717) is 31.2 Å². The standard InChI is InChI=1S/C12H16N2O5S/c1-18-12(3-4-19-7-12)6-13-11(17)14-9-8(10(15)16)2-5-20-9/h2,5H,3-4,6-7H2,1H3,(H,15,16)(H2,13,14,17). The Hall–Kier alpha value is -1.64. The molecule has 20 heavy (non-hydrogen) atoms. The first kappa shape index (κ1) is 14.8. The van der Waals surface area contributed by atoms with E-state index in [-0.39, 0.29) is 5.56 Å². The number of anilines is 1. The van der Waals surface area contributed by atoms with Crippen LogP contribution in [0.4, 0.5) is 9.80 Å². The molecule has 1 aromatic rings. The van der Waals surface area contributed by atoms with Gasteiger partial charge < -0.3 is 19.9 Å². The molecule has 1 aromatic heterocycles. The molecule has 0 bridgehead atoms. The topological polar surface area (TPSA) is 96.9 Å². The number of methoxy groups -OCH3 is 1. The number of thiophene rings is 1. The molecule has 1 aliphatic heterocycles. The zero-order chi connectivity index (χ0) is 14.6. The van der Waals surface area contributed by atoms with Crippen LogP contribution < -0.4 is 10.6 Å². The van der Waals surface area contributed by atoms with E-state index in [1.807, 2.05) is 0 Å².